The molecule has 1 N–H and O–H groups in total. The van der Waals surface area contributed by atoms with Crippen LogP contribution in [0.1, 0.15) is 13.8 Å². The quantitative estimate of drug-likeness (QED) is 0.731. The molecule has 0 bridgehead atoms. The fourth-order valence-corrected chi connectivity index (χ4v) is 1.41. The molecule has 1 fully saturated rings. The van der Waals surface area contributed by atoms with E-state index in [0.717, 1.165) is 13.2 Å². The molecule has 1 aliphatic rings. The summed E-state index contributed by atoms with van der Waals surface area (Å²) in [6.07, 6.45) is 0. The van der Waals surface area contributed by atoms with Crippen molar-refractivity contribution in [2.24, 2.45) is 5.41 Å². The number of ether oxygens (including phenoxy) is 1. The van der Waals surface area contributed by atoms with Gasteiger partial charge in [0.05, 0.1) is 13.2 Å². The zero-order valence-electron chi connectivity index (χ0n) is 7.69. The average Bonchev–Trinajstić information content (AvgIpc) is 2.25. The zero-order valence-corrected chi connectivity index (χ0v) is 8.45. The molecule has 0 aromatic heterocycles. The van der Waals surface area contributed by atoms with Crippen LogP contribution in [0.5, 0.6) is 0 Å². The highest BCUT2D eigenvalue weighted by Crippen LogP contribution is 2.27. The average molecular weight is 190 g/mol. The summed E-state index contributed by atoms with van der Waals surface area (Å²) in [5, 5.41) is 3.97. The van der Waals surface area contributed by atoms with Gasteiger partial charge in [0.2, 0.25) is 0 Å². The summed E-state index contributed by atoms with van der Waals surface area (Å²) in [7, 11) is 0. The van der Waals surface area contributed by atoms with Crippen LogP contribution in [0.2, 0.25) is 0 Å². The summed E-state index contributed by atoms with van der Waals surface area (Å²) in [6, 6.07) is 0.396. The van der Waals surface area contributed by atoms with Gasteiger partial charge in [-0.15, -0.1) is 0 Å². The van der Waals surface area contributed by atoms with Crippen LogP contribution in [0, 0.1) is 5.41 Å². The lowest BCUT2D eigenvalue weighted by atomic mass is 9.88. The van der Waals surface area contributed by atoms with E-state index >= 15 is 0 Å². The van der Waals surface area contributed by atoms with Crippen molar-refractivity contribution < 1.29 is 4.74 Å². The van der Waals surface area contributed by atoms with Crippen molar-refractivity contribution in [3.8, 4) is 0 Å². The van der Waals surface area contributed by atoms with Gasteiger partial charge in [-0.3, -0.25) is 0 Å². The highest BCUT2D eigenvalue weighted by molar-refractivity contribution is 6.29. The van der Waals surface area contributed by atoms with Gasteiger partial charge in [0.25, 0.3) is 0 Å². The molecule has 2 nitrogen and oxygen atoms in total. The van der Waals surface area contributed by atoms with Crippen molar-refractivity contribution in [3.63, 3.8) is 0 Å². The maximum absolute atomic E-state index is 5.65. The molecule has 1 heterocycles. The maximum atomic E-state index is 5.65. The van der Waals surface area contributed by atoms with E-state index in [0.29, 0.717) is 17.6 Å². The molecule has 12 heavy (non-hydrogen) atoms. The Morgan fingerprint density at radius 2 is 2.42 bits per heavy atom. The van der Waals surface area contributed by atoms with Gasteiger partial charge in [-0.2, -0.15) is 0 Å². The van der Waals surface area contributed by atoms with E-state index in [9.17, 15) is 0 Å². The monoisotopic (exact) mass is 189 g/mol. The highest BCUT2D eigenvalue weighted by Gasteiger charge is 2.34. The van der Waals surface area contributed by atoms with Crippen LogP contribution >= 0.6 is 11.6 Å². The van der Waals surface area contributed by atoms with Gasteiger partial charge in [0, 0.05) is 23.0 Å². The van der Waals surface area contributed by atoms with Crippen LogP contribution in [-0.4, -0.2) is 25.8 Å². The molecule has 1 aliphatic heterocycles. The van der Waals surface area contributed by atoms with Crippen LogP contribution in [-0.2, 0) is 4.74 Å². The predicted octanol–water partition coefficient (Wildman–Crippen LogP) is 1.75. The number of nitrogens with one attached hydrogen (secondary N) is 1. The van der Waals surface area contributed by atoms with Gasteiger partial charge in [-0.05, 0) is 0 Å². The summed E-state index contributed by atoms with van der Waals surface area (Å²) in [6.45, 7) is 10.3. The Balaban J connectivity index is 2.36. The number of hydrogen-bond acceptors (Lipinski definition) is 2. The topological polar surface area (TPSA) is 21.3 Å². The summed E-state index contributed by atoms with van der Waals surface area (Å²) in [4.78, 5) is 0. The fourth-order valence-electron chi connectivity index (χ4n) is 1.34. The fraction of sp³-hybridized carbons (Fsp3) is 0.778. The van der Waals surface area contributed by atoms with E-state index in [1.165, 1.54) is 0 Å². The second-order valence-corrected chi connectivity index (χ2v) is 4.49. The lowest BCUT2D eigenvalue weighted by Gasteiger charge is -2.25. The Morgan fingerprint density at radius 3 is 2.83 bits per heavy atom. The molecule has 1 atom stereocenters. The Kier molecular flexibility index (Phi) is 3.16. The SMILES string of the molecule is C=C(Cl)CNC1COCC1(C)C. The van der Waals surface area contributed by atoms with Crippen molar-refractivity contribution in [1.29, 1.82) is 0 Å². The third kappa shape index (κ3) is 2.47. The second-order valence-electron chi connectivity index (χ2n) is 3.95. The van der Waals surface area contributed by atoms with E-state index in [1.807, 2.05) is 0 Å². The molecule has 3 heteroatoms. The zero-order chi connectivity index (χ0) is 9.19. The molecule has 0 aromatic rings. The molecule has 1 unspecified atom stereocenters. The third-order valence-electron chi connectivity index (χ3n) is 2.24. The Morgan fingerprint density at radius 1 is 1.75 bits per heavy atom. The first-order chi connectivity index (χ1) is 5.52. The molecule has 70 valence electrons. The van der Waals surface area contributed by atoms with Gasteiger partial charge in [-0.1, -0.05) is 32.0 Å². The minimum absolute atomic E-state index is 0.215. The molecule has 1 saturated heterocycles. The van der Waals surface area contributed by atoms with Gasteiger partial charge >= 0.3 is 0 Å². The van der Waals surface area contributed by atoms with Crippen LogP contribution in [0.4, 0.5) is 0 Å². The minimum Gasteiger partial charge on any atom is -0.379 e. The maximum Gasteiger partial charge on any atom is 0.0626 e. The largest absolute Gasteiger partial charge is 0.379 e. The number of hydrogen-bond donors (Lipinski definition) is 1. The van der Waals surface area contributed by atoms with Crippen LogP contribution < -0.4 is 5.32 Å². The van der Waals surface area contributed by atoms with E-state index in [2.05, 4.69) is 25.7 Å². The Bertz CT molecular complexity index is 179. The number of rotatable bonds is 3. The highest BCUT2D eigenvalue weighted by atomic mass is 35.5. The van der Waals surface area contributed by atoms with Crippen LogP contribution in [0.25, 0.3) is 0 Å². The van der Waals surface area contributed by atoms with Crippen LogP contribution in [0.3, 0.4) is 0 Å². The van der Waals surface area contributed by atoms with Crippen molar-refractivity contribution in [3.05, 3.63) is 11.6 Å². The first kappa shape index (κ1) is 10.0. The van der Waals surface area contributed by atoms with Crippen molar-refractivity contribution in [1.82, 2.24) is 5.32 Å². The van der Waals surface area contributed by atoms with Gasteiger partial charge in [-0.25, -0.2) is 0 Å². The first-order valence-corrected chi connectivity index (χ1v) is 4.54. The summed E-state index contributed by atoms with van der Waals surface area (Å²) >= 11 is 5.65. The molecule has 0 spiro atoms. The van der Waals surface area contributed by atoms with Gasteiger partial charge in [0.1, 0.15) is 0 Å². The van der Waals surface area contributed by atoms with Crippen molar-refractivity contribution in [2.45, 2.75) is 19.9 Å². The molecular formula is C9H16ClNO. The van der Waals surface area contributed by atoms with E-state index in [-0.39, 0.29) is 5.41 Å². The molecule has 1 rings (SSSR count). The molecule has 0 aliphatic carbocycles. The number of halogens is 1. The molecule has 0 amide bonds. The molecule has 0 radical (unpaired) electrons. The van der Waals surface area contributed by atoms with Crippen LogP contribution in [0.15, 0.2) is 11.6 Å². The van der Waals surface area contributed by atoms with Gasteiger partial charge < -0.3 is 10.1 Å². The molecule has 0 aromatic carbocycles. The minimum atomic E-state index is 0.215. The van der Waals surface area contributed by atoms with E-state index < -0.39 is 0 Å². The van der Waals surface area contributed by atoms with Crippen molar-refractivity contribution in [2.75, 3.05) is 19.8 Å². The smallest absolute Gasteiger partial charge is 0.0626 e. The summed E-state index contributed by atoms with van der Waals surface area (Å²) in [5.41, 5.74) is 0.215. The standard InChI is InChI=1S/C9H16ClNO/c1-7(10)4-11-8-5-12-6-9(8,2)3/h8,11H,1,4-6H2,2-3H3. The second kappa shape index (κ2) is 3.77. The predicted molar refractivity (Wildman–Crippen MR) is 51.4 cm³/mol. The molecule has 0 saturated carbocycles. The lowest BCUT2D eigenvalue weighted by Crippen LogP contribution is -2.41. The lowest BCUT2D eigenvalue weighted by molar-refractivity contribution is 0.166. The summed E-state index contributed by atoms with van der Waals surface area (Å²) in [5.74, 6) is 0. The van der Waals surface area contributed by atoms with Crippen molar-refractivity contribution >= 4 is 11.6 Å². The Hall–Kier alpha value is -0.0500. The first-order valence-electron chi connectivity index (χ1n) is 4.17. The Labute approximate surface area is 78.9 Å². The van der Waals surface area contributed by atoms with E-state index in [4.69, 9.17) is 16.3 Å². The normalized spacial score (nSPS) is 27.4. The third-order valence-corrected chi connectivity index (χ3v) is 2.38. The molecular weight excluding hydrogens is 174 g/mol. The van der Waals surface area contributed by atoms with E-state index in [1.54, 1.807) is 0 Å². The summed E-state index contributed by atoms with van der Waals surface area (Å²) < 4.78 is 5.37. The van der Waals surface area contributed by atoms with Gasteiger partial charge in [0.15, 0.2) is 0 Å².